The van der Waals surface area contributed by atoms with Crippen LogP contribution in [0, 0.1) is 0 Å². The molecule has 2 aromatic heterocycles. The molecule has 0 aliphatic carbocycles. The van der Waals surface area contributed by atoms with E-state index in [1.165, 1.54) is 17.2 Å². The average molecular weight is 322 g/mol. The summed E-state index contributed by atoms with van der Waals surface area (Å²) in [6, 6.07) is 0. The lowest BCUT2D eigenvalue weighted by Gasteiger charge is -2.15. The van der Waals surface area contributed by atoms with Crippen LogP contribution in [0.15, 0.2) is 17.5 Å². The van der Waals surface area contributed by atoms with E-state index >= 15 is 0 Å². The Morgan fingerprint density at radius 3 is 2.78 bits per heavy atom. The van der Waals surface area contributed by atoms with E-state index in [1.807, 2.05) is 14.1 Å². The first kappa shape index (κ1) is 15.7. The minimum atomic E-state index is -1.22. The number of hydrogen-bond donors (Lipinski definition) is 3. The van der Waals surface area contributed by atoms with Crippen LogP contribution in [0.5, 0.6) is 0 Å². The number of aliphatic imine (C=N–C) groups is 1. The molecule has 4 atom stereocenters. The summed E-state index contributed by atoms with van der Waals surface area (Å²) in [6.07, 6.45) is 0.223. The van der Waals surface area contributed by atoms with E-state index < -0.39 is 31.1 Å². The highest BCUT2D eigenvalue weighted by molar-refractivity contribution is 5.86. The first-order chi connectivity index (χ1) is 11.0. The number of aromatic nitrogens is 4. The zero-order valence-corrected chi connectivity index (χ0v) is 12.7. The van der Waals surface area contributed by atoms with Crippen LogP contribution in [-0.4, -0.2) is 85.3 Å². The molecule has 1 aliphatic heterocycles. The highest BCUT2D eigenvalue weighted by Crippen LogP contribution is 2.32. The van der Waals surface area contributed by atoms with Gasteiger partial charge in [0.15, 0.2) is 17.7 Å². The van der Waals surface area contributed by atoms with Gasteiger partial charge in [-0.1, -0.05) is 0 Å². The smallest absolute Gasteiger partial charge is 0.181 e. The maximum absolute atomic E-state index is 10.1. The van der Waals surface area contributed by atoms with E-state index in [1.54, 1.807) is 11.2 Å². The van der Waals surface area contributed by atoms with Crippen molar-refractivity contribution in [2.24, 2.45) is 4.99 Å². The monoisotopic (exact) mass is 322 g/mol. The number of aliphatic hydroxyl groups excluding tert-OH is 3. The minimum Gasteiger partial charge on any atom is -0.394 e. The van der Waals surface area contributed by atoms with Gasteiger partial charge >= 0.3 is 0 Å². The minimum absolute atomic E-state index is 0.401. The number of nitrogens with zero attached hydrogens (tertiary/aromatic N) is 6. The molecule has 0 amide bonds. The zero-order valence-electron chi connectivity index (χ0n) is 12.7. The number of ether oxygens (including phenoxy) is 1. The van der Waals surface area contributed by atoms with E-state index in [2.05, 4.69) is 20.1 Å². The standard InChI is InChI=1S/C13H18N6O4/c1-18(2)6-16-11-7-3-17-19(12(7)15-5-14-11)13-10(22)9(21)8(4-20)23-13/h3,5-6,8-10,13,20-22H,4H2,1-2H3. The fraction of sp³-hybridized carbons (Fsp3) is 0.538. The molecule has 124 valence electrons. The predicted molar refractivity (Wildman–Crippen MR) is 80.2 cm³/mol. The summed E-state index contributed by atoms with van der Waals surface area (Å²) in [7, 11) is 3.68. The second-order valence-electron chi connectivity index (χ2n) is 5.46. The van der Waals surface area contributed by atoms with Crippen molar-refractivity contribution in [3.63, 3.8) is 0 Å². The van der Waals surface area contributed by atoms with Crippen LogP contribution in [-0.2, 0) is 4.74 Å². The van der Waals surface area contributed by atoms with Gasteiger partial charge in [-0.25, -0.2) is 19.6 Å². The maximum atomic E-state index is 10.1. The van der Waals surface area contributed by atoms with E-state index in [4.69, 9.17) is 4.74 Å². The number of aliphatic hydroxyl groups is 3. The molecule has 3 N–H and O–H groups in total. The predicted octanol–water partition coefficient (Wildman–Crippen LogP) is -1.34. The molecule has 10 heteroatoms. The quantitative estimate of drug-likeness (QED) is 0.466. The van der Waals surface area contributed by atoms with Crippen LogP contribution in [0.3, 0.4) is 0 Å². The second kappa shape index (κ2) is 6.16. The van der Waals surface area contributed by atoms with E-state index in [0.29, 0.717) is 16.9 Å². The summed E-state index contributed by atoms with van der Waals surface area (Å²) in [4.78, 5) is 14.3. The molecule has 0 saturated carbocycles. The molecule has 1 fully saturated rings. The van der Waals surface area contributed by atoms with Gasteiger partial charge in [0, 0.05) is 14.1 Å². The Kier molecular flexibility index (Phi) is 4.22. The number of hydrogen-bond acceptors (Lipinski definition) is 8. The fourth-order valence-electron chi connectivity index (χ4n) is 2.39. The summed E-state index contributed by atoms with van der Waals surface area (Å²) in [6.45, 7) is -0.401. The number of fused-ring (bicyclic) bond motifs is 1. The van der Waals surface area contributed by atoms with Crippen LogP contribution >= 0.6 is 0 Å². The Hall–Kier alpha value is -2.14. The molecule has 23 heavy (non-hydrogen) atoms. The molecule has 4 unspecified atom stereocenters. The summed E-state index contributed by atoms with van der Waals surface area (Å²) in [5.41, 5.74) is 0.417. The Morgan fingerprint density at radius 2 is 2.13 bits per heavy atom. The fourth-order valence-corrected chi connectivity index (χ4v) is 2.39. The Bertz CT molecular complexity index is 718. The van der Waals surface area contributed by atoms with Gasteiger partial charge in [-0.2, -0.15) is 5.10 Å². The van der Waals surface area contributed by atoms with Gasteiger partial charge in [0.25, 0.3) is 0 Å². The van der Waals surface area contributed by atoms with Gasteiger partial charge in [-0.3, -0.25) is 0 Å². The lowest BCUT2D eigenvalue weighted by atomic mass is 10.1. The molecular formula is C13H18N6O4. The lowest BCUT2D eigenvalue weighted by Crippen LogP contribution is -2.33. The van der Waals surface area contributed by atoms with Crippen molar-refractivity contribution in [2.45, 2.75) is 24.5 Å². The molecule has 3 rings (SSSR count). The van der Waals surface area contributed by atoms with Gasteiger partial charge in [0.2, 0.25) is 0 Å². The molecule has 0 spiro atoms. The molecule has 2 aromatic rings. The molecule has 10 nitrogen and oxygen atoms in total. The maximum Gasteiger partial charge on any atom is 0.181 e. The van der Waals surface area contributed by atoms with Gasteiger partial charge in [-0.05, 0) is 0 Å². The number of rotatable bonds is 4. The summed E-state index contributed by atoms with van der Waals surface area (Å²) < 4.78 is 6.83. The Labute approximate surface area is 131 Å². The van der Waals surface area contributed by atoms with Crippen LogP contribution in [0.4, 0.5) is 5.82 Å². The summed E-state index contributed by atoms with van der Waals surface area (Å²) in [5, 5.41) is 33.9. The average Bonchev–Trinajstić information content (AvgIpc) is 3.08. The Morgan fingerprint density at radius 1 is 1.35 bits per heavy atom. The van der Waals surface area contributed by atoms with Crippen molar-refractivity contribution in [2.75, 3.05) is 20.7 Å². The summed E-state index contributed by atoms with van der Waals surface area (Å²) >= 11 is 0. The third-order valence-corrected chi connectivity index (χ3v) is 3.54. The van der Waals surface area contributed by atoms with Crippen LogP contribution in [0.1, 0.15) is 6.23 Å². The first-order valence-corrected chi connectivity index (χ1v) is 7.04. The molecule has 0 bridgehead atoms. The van der Waals surface area contributed by atoms with Crippen molar-refractivity contribution in [1.29, 1.82) is 0 Å². The van der Waals surface area contributed by atoms with Crippen molar-refractivity contribution in [1.82, 2.24) is 24.6 Å². The highest BCUT2D eigenvalue weighted by atomic mass is 16.6. The molecule has 0 radical (unpaired) electrons. The molecule has 0 aromatic carbocycles. The normalized spacial score (nSPS) is 28.0. The first-order valence-electron chi connectivity index (χ1n) is 7.04. The summed E-state index contributed by atoms with van der Waals surface area (Å²) in [5.74, 6) is 0.432. The molecule has 1 saturated heterocycles. The van der Waals surface area contributed by atoms with Crippen LogP contribution in [0.2, 0.25) is 0 Å². The third-order valence-electron chi connectivity index (χ3n) is 3.54. The van der Waals surface area contributed by atoms with Crippen LogP contribution < -0.4 is 0 Å². The van der Waals surface area contributed by atoms with Gasteiger partial charge in [0.1, 0.15) is 24.6 Å². The van der Waals surface area contributed by atoms with E-state index in [0.717, 1.165) is 0 Å². The van der Waals surface area contributed by atoms with Crippen molar-refractivity contribution >= 4 is 23.2 Å². The van der Waals surface area contributed by atoms with Crippen molar-refractivity contribution in [3.8, 4) is 0 Å². The topological polar surface area (TPSA) is 129 Å². The SMILES string of the molecule is CN(C)C=Nc1ncnc2c1cnn2C1OC(CO)C(O)C1O. The largest absolute Gasteiger partial charge is 0.394 e. The highest BCUT2D eigenvalue weighted by Gasteiger charge is 2.44. The third kappa shape index (κ3) is 2.77. The van der Waals surface area contributed by atoms with Gasteiger partial charge in [-0.15, -0.1) is 0 Å². The van der Waals surface area contributed by atoms with E-state index in [9.17, 15) is 15.3 Å². The molecule has 1 aliphatic rings. The van der Waals surface area contributed by atoms with Gasteiger partial charge < -0.3 is 25.0 Å². The molecule has 3 heterocycles. The zero-order chi connectivity index (χ0) is 16.6. The lowest BCUT2D eigenvalue weighted by molar-refractivity contribution is -0.0566. The van der Waals surface area contributed by atoms with Gasteiger partial charge in [0.05, 0.1) is 24.5 Å². The molecular weight excluding hydrogens is 304 g/mol. The van der Waals surface area contributed by atoms with E-state index in [-0.39, 0.29) is 0 Å². The van der Waals surface area contributed by atoms with Crippen molar-refractivity contribution in [3.05, 3.63) is 12.5 Å². The van der Waals surface area contributed by atoms with Crippen LogP contribution in [0.25, 0.3) is 11.0 Å². The second-order valence-corrected chi connectivity index (χ2v) is 5.46. The Balaban J connectivity index is 1.99. The van der Waals surface area contributed by atoms with Crippen molar-refractivity contribution < 1.29 is 20.1 Å².